The lowest BCUT2D eigenvalue weighted by molar-refractivity contribution is -0.131. The Morgan fingerprint density at radius 3 is 2.61 bits per heavy atom. The summed E-state index contributed by atoms with van der Waals surface area (Å²) in [4.78, 5) is 33.1. The topological polar surface area (TPSA) is 75.1 Å². The zero-order chi connectivity index (χ0) is 16.2. The summed E-state index contributed by atoms with van der Waals surface area (Å²) in [5.41, 5.74) is 3.87. The molecule has 0 atom stereocenters. The zero-order valence-corrected chi connectivity index (χ0v) is 13.4. The molecule has 0 spiro atoms. The van der Waals surface area contributed by atoms with Gasteiger partial charge in [-0.15, -0.1) is 0 Å². The van der Waals surface area contributed by atoms with Crippen LogP contribution in [0.25, 0.3) is 11.3 Å². The lowest BCUT2D eigenvalue weighted by atomic mass is 10.0. The fourth-order valence-corrected chi connectivity index (χ4v) is 2.82. The maximum absolute atomic E-state index is 12.3. The number of carbonyl (C=O) groups excluding carboxylic acids is 1. The lowest BCUT2D eigenvalue weighted by Crippen LogP contribution is -2.39. The summed E-state index contributed by atoms with van der Waals surface area (Å²) < 4.78 is 0. The Hall–Kier alpha value is -2.41. The molecule has 0 radical (unpaired) electrons. The lowest BCUT2D eigenvalue weighted by Gasteiger charge is -2.22. The molecule has 0 unspecified atom stereocenters. The van der Waals surface area contributed by atoms with Gasteiger partial charge in [0.15, 0.2) is 0 Å². The van der Waals surface area contributed by atoms with Crippen LogP contribution in [-0.4, -0.2) is 69.4 Å². The maximum Gasteiger partial charge on any atom is 0.236 e. The van der Waals surface area contributed by atoms with Crippen LogP contribution < -0.4 is 0 Å². The number of aromatic nitrogens is 4. The number of likely N-dealkylation sites (N-methyl/N-ethyl adjacent to an activating group) is 1. The van der Waals surface area contributed by atoms with Gasteiger partial charge >= 0.3 is 0 Å². The number of hydrogen-bond donors (Lipinski definition) is 0. The first-order chi connectivity index (χ1) is 11.1. The third kappa shape index (κ3) is 3.50. The van der Waals surface area contributed by atoms with Crippen LogP contribution in [0, 0.1) is 0 Å². The van der Waals surface area contributed by atoms with Crippen molar-refractivity contribution in [2.75, 3.05) is 33.7 Å². The minimum absolute atomic E-state index is 0.153. The molecule has 1 aliphatic rings. The highest BCUT2D eigenvalue weighted by Gasteiger charge is 2.22. The van der Waals surface area contributed by atoms with Gasteiger partial charge in [-0.1, -0.05) is 0 Å². The molecule has 0 N–H and O–H groups in total. The molecule has 2 aromatic rings. The zero-order valence-electron chi connectivity index (χ0n) is 13.4. The van der Waals surface area contributed by atoms with Crippen LogP contribution in [0.2, 0.25) is 0 Å². The van der Waals surface area contributed by atoms with Crippen LogP contribution in [0.4, 0.5) is 0 Å². The van der Waals surface area contributed by atoms with Crippen molar-refractivity contribution in [3.05, 3.63) is 36.3 Å². The molecule has 0 fully saturated rings. The van der Waals surface area contributed by atoms with Crippen molar-refractivity contribution in [1.82, 2.24) is 29.7 Å². The largest absolute Gasteiger partial charge is 0.341 e. The average Bonchev–Trinajstić information content (AvgIpc) is 2.77. The molecule has 0 saturated heterocycles. The normalized spacial score (nSPS) is 14.5. The van der Waals surface area contributed by atoms with E-state index in [2.05, 4.69) is 19.9 Å². The minimum atomic E-state index is 0.153. The Morgan fingerprint density at radius 2 is 1.87 bits per heavy atom. The maximum atomic E-state index is 12.3. The molecule has 0 aromatic carbocycles. The second-order valence-electron chi connectivity index (χ2n) is 5.89. The Kier molecular flexibility index (Phi) is 4.57. The smallest absolute Gasteiger partial charge is 0.236 e. The van der Waals surface area contributed by atoms with Gasteiger partial charge in [0.2, 0.25) is 5.91 Å². The molecule has 23 heavy (non-hydrogen) atoms. The van der Waals surface area contributed by atoms with Crippen LogP contribution in [-0.2, 0) is 17.6 Å². The molecular formula is C16H20N6O. The van der Waals surface area contributed by atoms with Gasteiger partial charge in [-0.3, -0.25) is 4.79 Å². The van der Waals surface area contributed by atoms with Crippen molar-refractivity contribution >= 4 is 5.91 Å². The Balaban J connectivity index is 1.85. The highest BCUT2D eigenvalue weighted by atomic mass is 16.2. The molecule has 2 aromatic heterocycles. The van der Waals surface area contributed by atoms with Crippen LogP contribution in [0.3, 0.4) is 0 Å². The van der Waals surface area contributed by atoms with Crippen molar-refractivity contribution in [3.63, 3.8) is 0 Å². The molecule has 1 aliphatic heterocycles. The van der Waals surface area contributed by atoms with Gasteiger partial charge in [-0.25, -0.2) is 19.9 Å². The van der Waals surface area contributed by atoms with Crippen molar-refractivity contribution < 1.29 is 4.79 Å². The van der Waals surface area contributed by atoms with E-state index in [-0.39, 0.29) is 5.91 Å². The van der Waals surface area contributed by atoms with Gasteiger partial charge in [-0.2, -0.15) is 0 Å². The molecule has 1 amide bonds. The van der Waals surface area contributed by atoms with E-state index in [0.29, 0.717) is 19.6 Å². The van der Waals surface area contributed by atoms with Gasteiger partial charge < -0.3 is 9.80 Å². The molecule has 0 saturated carbocycles. The minimum Gasteiger partial charge on any atom is -0.341 e. The Morgan fingerprint density at radius 1 is 1.13 bits per heavy atom. The Bertz CT molecular complexity index is 688. The third-order valence-corrected chi connectivity index (χ3v) is 3.92. The van der Waals surface area contributed by atoms with Crippen molar-refractivity contribution in [3.8, 4) is 11.3 Å². The van der Waals surface area contributed by atoms with E-state index >= 15 is 0 Å². The average molecular weight is 312 g/mol. The summed E-state index contributed by atoms with van der Waals surface area (Å²) in [6.07, 6.45) is 8.10. The quantitative estimate of drug-likeness (QED) is 0.818. The van der Waals surface area contributed by atoms with E-state index in [9.17, 15) is 4.79 Å². The predicted molar refractivity (Wildman–Crippen MR) is 85.6 cm³/mol. The van der Waals surface area contributed by atoms with Crippen molar-refractivity contribution in [2.45, 2.75) is 12.8 Å². The van der Waals surface area contributed by atoms with E-state index in [0.717, 1.165) is 35.4 Å². The monoisotopic (exact) mass is 312 g/mol. The molecule has 3 rings (SSSR count). The fourth-order valence-electron chi connectivity index (χ4n) is 2.82. The number of nitrogens with zero attached hydrogens (tertiary/aromatic N) is 6. The first kappa shape index (κ1) is 15.5. The van der Waals surface area contributed by atoms with Crippen LogP contribution in [0.5, 0.6) is 0 Å². The summed E-state index contributed by atoms with van der Waals surface area (Å²) in [7, 11) is 3.81. The number of hydrogen-bond acceptors (Lipinski definition) is 6. The van der Waals surface area contributed by atoms with E-state index in [4.69, 9.17) is 0 Å². The van der Waals surface area contributed by atoms with E-state index in [1.165, 1.54) is 6.33 Å². The second-order valence-corrected chi connectivity index (χ2v) is 5.89. The molecular weight excluding hydrogens is 292 g/mol. The van der Waals surface area contributed by atoms with Gasteiger partial charge in [-0.05, 0) is 20.5 Å². The van der Waals surface area contributed by atoms with Gasteiger partial charge in [0.05, 0.1) is 12.2 Å². The van der Waals surface area contributed by atoms with Gasteiger partial charge in [0.25, 0.3) is 0 Å². The summed E-state index contributed by atoms with van der Waals surface area (Å²) in [5.74, 6) is 0.153. The first-order valence-electron chi connectivity index (χ1n) is 7.66. The molecule has 7 heteroatoms. The van der Waals surface area contributed by atoms with Gasteiger partial charge in [0.1, 0.15) is 12.7 Å². The molecule has 0 bridgehead atoms. The summed E-state index contributed by atoms with van der Waals surface area (Å²) in [6, 6.07) is 0. The summed E-state index contributed by atoms with van der Waals surface area (Å²) in [5, 5.41) is 0. The Labute approximate surface area is 135 Å². The SMILES string of the molecule is CN(C)CC(=O)N1CCc2ncnc(-c3cncnc3)c2CC1. The first-order valence-corrected chi connectivity index (χ1v) is 7.66. The van der Waals surface area contributed by atoms with E-state index in [1.807, 2.05) is 23.9 Å². The van der Waals surface area contributed by atoms with Gasteiger partial charge in [0, 0.05) is 48.7 Å². The number of carbonyl (C=O) groups is 1. The number of fused-ring (bicyclic) bond motifs is 1. The molecule has 7 nitrogen and oxygen atoms in total. The van der Waals surface area contributed by atoms with Crippen LogP contribution >= 0.6 is 0 Å². The van der Waals surface area contributed by atoms with Crippen LogP contribution in [0.1, 0.15) is 11.3 Å². The standard InChI is InChI=1S/C16H20N6O/c1-21(2)9-15(23)22-5-3-13-14(4-6-22)19-11-20-16(13)12-7-17-10-18-8-12/h7-8,10-11H,3-6,9H2,1-2H3. The summed E-state index contributed by atoms with van der Waals surface area (Å²) in [6.45, 7) is 1.82. The fraction of sp³-hybridized carbons (Fsp3) is 0.438. The van der Waals surface area contributed by atoms with E-state index < -0.39 is 0 Å². The predicted octanol–water partition coefficient (Wildman–Crippen LogP) is 0.422. The van der Waals surface area contributed by atoms with Crippen LogP contribution in [0.15, 0.2) is 25.0 Å². The van der Waals surface area contributed by atoms with Crippen molar-refractivity contribution in [2.24, 2.45) is 0 Å². The number of amides is 1. The third-order valence-electron chi connectivity index (χ3n) is 3.92. The molecule has 3 heterocycles. The van der Waals surface area contributed by atoms with E-state index in [1.54, 1.807) is 18.7 Å². The summed E-state index contributed by atoms with van der Waals surface area (Å²) >= 11 is 0. The molecule has 0 aliphatic carbocycles. The highest BCUT2D eigenvalue weighted by Crippen LogP contribution is 2.24. The second kappa shape index (κ2) is 6.78. The highest BCUT2D eigenvalue weighted by molar-refractivity contribution is 5.78. The van der Waals surface area contributed by atoms with Crippen molar-refractivity contribution in [1.29, 1.82) is 0 Å². The number of rotatable bonds is 3. The molecule has 120 valence electrons.